The average Bonchev–Trinajstić information content (AvgIpc) is 3.23. The molecular formula is C27H26N2O5. The number of esters is 1. The summed E-state index contributed by atoms with van der Waals surface area (Å²) in [5.74, 6) is -0.755. The standard InChI is InChI=1S/C27H26N2O5/c1-33-23-13-12-19(15-22(23)28-24(30)14-18-8-4-3-5-9-18)25(31)29-27(26(32)34-2)16-20-10-6-7-11-21(20)17-27/h3-13,15H,14,16-17H2,1-2H3,(H,28,30)(H,29,31). The first-order valence-corrected chi connectivity index (χ1v) is 10.9. The molecule has 1 aliphatic rings. The van der Waals surface area contributed by atoms with Crippen LogP contribution in [0.2, 0.25) is 0 Å². The van der Waals surface area contributed by atoms with Crippen molar-refractivity contribution in [2.45, 2.75) is 24.8 Å². The summed E-state index contributed by atoms with van der Waals surface area (Å²) in [6.45, 7) is 0. The minimum absolute atomic E-state index is 0.185. The van der Waals surface area contributed by atoms with Crippen LogP contribution in [-0.2, 0) is 33.6 Å². The molecule has 0 bridgehead atoms. The van der Waals surface area contributed by atoms with Crippen LogP contribution in [0.15, 0.2) is 72.8 Å². The van der Waals surface area contributed by atoms with Crippen LogP contribution in [0.4, 0.5) is 5.69 Å². The molecular weight excluding hydrogens is 432 g/mol. The summed E-state index contributed by atoms with van der Waals surface area (Å²) < 4.78 is 10.4. The molecule has 174 valence electrons. The Morgan fingerprint density at radius 1 is 0.882 bits per heavy atom. The van der Waals surface area contributed by atoms with Crippen molar-refractivity contribution in [3.05, 3.63) is 95.1 Å². The second kappa shape index (κ2) is 9.79. The number of amides is 2. The number of carbonyl (C=O) groups is 3. The highest BCUT2D eigenvalue weighted by Gasteiger charge is 2.46. The largest absolute Gasteiger partial charge is 0.495 e. The lowest BCUT2D eigenvalue weighted by atomic mass is 9.95. The Morgan fingerprint density at radius 3 is 2.15 bits per heavy atom. The Bertz CT molecular complexity index is 1200. The first-order valence-electron chi connectivity index (χ1n) is 10.9. The predicted octanol–water partition coefficient (Wildman–Crippen LogP) is 3.32. The summed E-state index contributed by atoms with van der Waals surface area (Å²) >= 11 is 0. The molecule has 0 radical (unpaired) electrons. The summed E-state index contributed by atoms with van der Waals surface area (Å²) in [7, 11) is 2.80. The minimum atomic E-state index is -1.19. The van der Waals surface area contributed by atoms with E-state index >= 15 is 0 Å². The van der Waals surface area contributed by atoms with Crippen LogP contribution in [0.1, 0.15) is 27.0 Å². The van der Waals surface area contributed by atoms with Crippen LogP contribution >= 0.6 is 0 Å². The summed E-state index contributed by atoms with van der Waals surface area (Å²) in [5, 5.41) is 5.72. The van der Waals surface area contributed by atoms with Gasteiger partial charge in [0.15, 0.2) is 0 Å². The number of rotatable bonds is 7. The van der Waals surface area contributed by atoms with Crippen LogP contribution < -0.4 is 15.4 Å². The van der Waals surface area contributed by atoms with Gasteiger partial charge in [0, 0.05) is 18.4 Å². The fourth-order valence-electron chi connectivity index (χ4n) is 4.31. The quantitative estimate of drug-likeness (QED) is 0.530. The van der Waals surface area contributed by atoms with E-state index in [4.69, 9.17) is 9.47 Å². The van der Waals surface area contributed by atoms with Crippen molar-refractivity contribution < 1.29 is 23.9 Å². The smallest absolute Gasteiger partial charge is 0.332 e. The zero-order chi connectivity index (χ0) is 24.1. The number of hydrogen-bond donors (Lipinski definition) is 2. The van der Waals surface area contributed by atoms with E-state index in [1.165, 1.54) is 14.2 Å². The maximum absolute atomic E-state index is 13.2. The van der Waals surface area contributed by atoms with Crippen molar-refractivity contribution in [3.63, 3.8) is 0 Å². The number of benzene rings is 3. The van der Waals surface area contributed by atoms with E-state index in [-0.39, 0.29) is 17.9 Å². The molecule has 2 N–H and O–H groups in total. The molecule has 0 unspecified atom stereocenters. The molecule has 0 saturated carbocycles. The third-order valence-electron chi connectivity index (χ3n) is 5.98. The molecule has 3 aromatic carbocycles. The fraction of sp³-hybridized carbons (Fsp3) is 0.222. The number of fused-ring (bicyclic) bond motifs is 1. The lowest BCUT2D eigenvalue weighted by Crippen LogP contribution is -2.56. The fourth-order valence-corrected chi connectivity index (χ4v) is 4.31. The van der Waals surface area contributed by atoms with E-state index < -0.39 is 17.4 Å². The Labute approximate surface area is 198 Å². The first-order chi connectivity index (χ1) is 16.4. The Hall–Kier alpha value is -4.13. The number of ether oxygens (including phenoxy) is 2. The molecule has 0 atom stereocenters. The van der Waals surface area contributed by atoms with Gasteiger partial charge < -0.3 is 20.1 Å². The van der Waals surface area contributed by atoms with Gasteiger partial charge in [-0.1, -0.05) is 54.6 Å². The van der Waals surface area contributed by atoms with Gasteiger partial charge in [0.05, 0.1) is 26.3 Å². The SMILES string of the molecule is COC(=O)C1(NC(=O)c2ccc(OC)c(NC(=O)Cc3ccccc3)c2)Cc2ccccc2C1. The van der Waals surface area contributed by atoms with E-state index in [1.54, 1.807) is 18.2 Å². The molecule has 0 heterocycles. The molecule has 0 saturated heterocycles. The van der Waals surface area contributed by atoms with E-state index in [9.17, 15) is 14.4 Å². The summed E-state index contributed by atoms with van der Waals surface area (Å²) in [4.78, 5) is 38.6. The lowest BCUT2D eigenvalue weighted by Gasteiger charge is -2.27. The molecule has 3 aromatic rings. The van der Waals surface area contributed by atoms with E-state index in [0.717, 1.165) is 16.7 Å². The molecule has 0 aromatic heterocycles. The van der Waals surface area contributed by atoms with Crippen LogP contribution in [0.5, 0.6) is 5.75 Å². The number of methoxy groups -OCH3 is 2. The van der Waals surface area contributed by atoms with Crippen molar-refractivity contribution in [2.75, 3.05) is 19.5 Å². The highest BCUT2D eigenvalue weighted by molar-refractivity contribution is 6.01. The Kier molecular flexibility index (Phi) is 6.63. The third kappa shape index (κ3) is 4.78. The Morgan fingerprint density at radius 2 is 1.53 bits per heavy atom. The van der Waals surface area contributed by atoms with Crippen molar-refractivity contribution >= 4 is 23.5 Å². The van der Waals surface area contributed by atoms with E-state index in [0.29, 0.717) is 24.3 Å². The number of anilines is 1. The summed E-state index contributed by atoms with van der Waals surface area (Å²) in [5.41, 5.74) is 2.34. The average molecular weight is 459 g/mol. The topological polar surface area (TPSA) is 93.7 Å². The van der Waals surface area contributed by atoms with Crippen molar-refractivity contribution in [1.82, 2.24) is 5.32 Å². The second-order valence-electron chi connectivity index (χ2n) is 8.28. The van der Waals surface area contributed by atoms with Gasteiger partial charge in [-0.3, -0.25) is 9.59 Å². The van der Waals surface area contributed by atoms with Crippen LogP contribution in [0.3, 0.4) is 0 Å². The second-order valence-corrected chi connectivity index (χ2v) is 8.28. The van der Waals surface area contributed by atoms with Crippen LogP contribution in [-0.4, -0.2) is 37.5 Å². The number of nitrogens with one attached hydrogen (secondary N) is 2. The van der Waals surface area contributed by atoms with Gasteiger partial charge >= 0.3 is 5.97 Å². The predicted molar refractivity (Wildman–Crippen MR) is 128 cm³/mol. The maximum atomic E-state index is 13.2. The van der Waals surface area contributed by atoms with Crippen molar-refractivity contribution in [1.29, 1.82) is 0 Å². The van der Waals surface area contributed by atoms with Gasteiger partial charge in [0.25, 0.3) is 5.91 Å². The third-order valence-corrected chi connectivity index (χ3v) is 5.98. The van der Waals surface area contributed by atoms with E-state index in [2.05, 4.69) is 10.6 Å². The zero-order valence-electron chi connectivity index (χ0n) is 19.1. The molecule has 7 nitrogen and oxygen atoms in total. The first kappa shape index (κ1) is 23.0. The van der Waals surface area contributed by atoms with Crippen LogP contribution in [0, 0.1) is 0 Å². The van der Waals surface area contributed by atoms with Crippen molar-refractivity contribution in [2.24, 2.45) is 0 Å². The molecule has 7 heteroatoms. The molecule has 0 fully saturated rings. The monoisotopic (exact) mass is 458 g/mol. The lowest BCUT2D eigenvalue weighted by molar-refractivity contribution is -0.147. The molecule has 0 spiro atoms. The van der Waals surface area contributed by atoms with Gasteiger partial charge in [-0.2, -0.15) is 0 Å². The summed E-state index contributed by atoms with van der Waals surface area (Å²) in [6.07, 6.45) is 0.876. The van der Waals surface area contributed by atoms with Gasteiger partial charge in [-0.25, -0.2) is 4.79 Å². The Balaban J connectivity index is 1.55. The molecule has 34 heavy (non-hydrogen) atoms. The number of carbonyl (C=O) groups excluding carboxylic acids is 3. The van der Waals surface area contributed by atoms with Crippen LogP contribution in [0.25, 0.3) is 0 Å². The normalized spacial score (nSPS) is 13.5. The molecule has 2 amide bonds. The summed E-state index contributed by atoms with van der Waals surface area (Å²) in [6, 6.07) is 21.8. The minimum Gasteiger partial charge on any atom is -0.495 e. The van der Waals surface area contributed by atoms with Gasteiger partial charge in [-0.05, 0) is 34.9 Å². The maximum Gasteiger partial charge on any atom is 0.332 e. The van der Waals surface area contributed by atoms with Gasteiger partial charge in [0.1, 0.15) is 11.3 Å². The van der Waals surface area contributed by atoms with Gasteiger partial charge in [0.2, 0.25) is 5.91 Å². The van der Waals surface area contributed by atoms with Gasteiger partial charge in [-0.15, -0.1) is 0 Å². The molecule has 4 rings (SSSR count). The van der Waals surface area contributed by atoms with Crippen molar-refractivity contribution in [3.8, 4) is 5.75 Å². The molecule has 0 aliphatic heterocycles. The number of hydrogen-bond acceptors (Lipinski definition) is 5. The highest BCUT2D eigenvalue weighted by Crippen LogP contribution is 2.32. The zero-order valence-corrected chi connectivity index (χ0v) is 19.1. The van der Waals surface area contributed by atoms with E-state index in [1.807, 2.05) is 54.6 Å². The highest BCUT2D eigenvalue weighted by atomic mass is 16.5. The molecule has 1 aliphatic carbocycles.